The number of nitrogens with one attached hydrogen (secondary N) is 1. The van der Waals surface area contributed by atoms with Gasteiger partial charge in [0, 0.05) is 67.7 Å². The lowest BCUT2D eigenvalue weighted by Crippen LogP contribution is -2.46. The first-order valence-corrected chi connectivity index (χ1v) is 11.4. The molecule has 0 radical (unpaired) electrons. The highest BCUT2D eigenvalue weighted by Gasteiger charge is 2.32. The molecule has 2 aromatic rings. The fourth-order valence-corrected chi connectivity index (χ4v) is 4.83. The van der Waals surface area contributed by atoms with Gasteiger partial charge in [0.25, 0.3) is 0 Å². The van der Waals surface area contributed by atoms with E-state index in [1.54, 1.807) is 13.0 Å². The zero-order chi connectivity index (χ0) is 22.7. The van der Waals surface area contributed by atoms with E-state index in [9.17, 15) is 14.0 Å². The molecule has 0 aliphatic carbocycles. The number of halogens is 1. The van der Waals surface area contributed by atoms with Crippen LogP contribution in [-0.4, -0.2) is 52.8 Å². The molecule has 2 amide bonds. The van der Waals surface area contributed by atoms with Crippen molar-refractivity contribution in [3.05, 3.63) is 53.6 Å². The van der Waals surface area contributed by atoms with Crippen molar-refractivity contribution in [1.29, 1.82) is 0 Å². The smallest absolute Gasteiger partial charge is 0.225 e. The van der Waals surface area contributed by atoms with Crippen molar-refractivity contribution in [2.24, 2.45) is 5.92 Å². The van der Waals surface area contributed by atoms with Crippen LogP contribution in [0.2, 0.25) is 0 Å². The molecule has 0 bridgehead atoms. The van der Waals surface area contributed by atoms with Gasteiger partial charge in [-0.3, -0.25) is 14.6 Å². The number of hydrogen-bond donors (Lipinski definition) is 1. The van der Waals surface area contributed by atoms with E-state index in [1.807, 2.05) is 34.9 Å². The van der Waals surface area contributed by atoms with Gasteiger partial charge in [0.2, 0.25) is 11.8 Å². The molecule has 1 aromatic carbocycles. The van der Waals surface area contributed by atoms with Crippen LogP contribution in [0, 0.1) is 18.7 Å². The van der Waals surface area contributed by atoms with Crippen molar-refractivity contribution in [2.45, 2.75) is 45.4 Å². The van der Waals surface area contributed by atoms with E-state index >= 15 is 0 Å². The fourth-order valence-electron chi connectivity index (χ4n) is 4.83. The van der Waals surface area contributed by atoms with Gasteiger partial charge in [-0.15, -0.1) is 0 Å². The predicted octanol–water partition coefficient (Wildman–Crippen LogP) is 4.24. The van der Waals surface area contributed by atoms with Gasteiger partial charge in [-0.2, -0.15) is 0 Å². The summed E-state index contributed by atoms with van der Waals surface area (Å²) >= 11 is 0. The summed E-state index contributed by atoms with van der Waals surface area (Å²) in [6.45, 7) is 6.32. The predicted molar refractivity (Wildman–Crippen MR) is 122 cm³/mol. The normalized spacial score (nSPS) is 19.7. The van der Waals surface area contributed by atoms with Crippen molar-refractivity contribution in [2.75, 3.05) is 31.5 Å². The second-order valence-electron chi connectivity index (χ2n) is 8.96. The number of carbonyl (C=O) groups excluding carboxylic acids is 2. The molecule has 6 nitrogen and oxygen atoms in total. The SMILES string of the molecule is CC(=O)N1CCC(C(=O)N2CCC[C@H](c3cc(Nc4cccc(F)c4)cc(C)n3)C2)CC1. The molecule has 0 spiro atoms. The highest BCUT2D eigenvalue weighted by molar-refractivity contribution is 5.80. The van der Waals surface area contributed by atoms with Crippen molar-refractivity contribution in [3.8, 4) is 0 Å². The average Bonchev–Trinajstić information content (AvgIpc) is 2.78. The summed E-state index contributed by atoms with van der Waals surface area (Å²) < 4.78 is 13.5. The molecule has 1 atom stereocenters. The van der Waals surface area contributed by atoms with Gasteiger partial charge in [0.15, 0.2) is 0 Å². The van der Waals surface area contributed by atoms with Crippen LogP contribution in [0.5, 0.6) is 0 Å². The van der Waals surface area contributed by atoms with Crippen molar-refractivity contribution < 1.29 is 14.0 Å². The summed E-state index contributed by atoms with van der Waals surface area (Å²) in [5.41, 5.74) is 3.42. The monoisotopic (exact) mass is 438 g/mol. The quantitative estimate of drug-likeness (QED) is 0.776. The third-order valence-corrected chi connectivity index (χ3v) is 6.53. The Hall–Kier alpha value is -2.96. The minimum atomic E-state index is -0.281. The minimum absolute atomic E-state index is 0.0000216. The lowest BCUT2D eigenvalue weighted by Gasteiger charge is -2.37. The number of aryl methyl sites for hydroxylation is 1. The Bertz CT molecular complexity index is 988. The molecule has 7 heteroatoms. The molecule has 32 heavy (non-hydrogen) atoms. The van der Waals surface area contributed by atoms with Crippen molar-refractivity contribution >= 4 is 23.2 Å². The number of likely N-dealkylation sites (tertiary alicyclic amines) is 2. The maximum absolute atomic E-state index is 13.5. The first-order valence-electron chi connectivity index (χ1n) is 11.4. The van der Waals surface area contributed by atoms with Gasteiger partial charge < -0.3 is 15.1 Å². The summed E-state index contributed by atoms with van der Waals surface area (Å²) in [7, 11) is 0. The zero-order valence-electron chi connectivity index (χ0n) is 18.8. The summed E-state index contributed by atoms with van der Waals surface area (Å²) in [6.07, 6.45) is 3.42. The lowest BCUT2D eigenvalue weighted by atomic mass is 9.90. The van der Waals surface area contributed by atoms with Gasteiger partial charge in [0.1, 0.15) is 5.82 Å². The number of pyridine rings is 1. The molecule has 1 aromatic heterocycles. The van der Waals surface area contributed by atoms with Gasteiger partial charge >= 0.3 is 0 Å². The summed E-state index contributed by atoms with van der Waals surface area (Å²) in [5.74, 6) is 0.195. The Morgan fingerprint density at radius 3 is 2.53 bits per heavy atom. The molecule has 2 aliphatic heterocycles. The van der Waals surface area contributed by atoms with Gasteiger partial charge in [-0.1, -0.05) is 6.07 Å². The van der Waals surface area contributed by atoms with Crippen LogP contribution in [0.4, 0.5) is 15.8 Å². The highest BCUT2D eigenvalue weighted by atomic mass is 19.1. The first kappa shape index (κ1) is 22.2. The van der Waals surface area contributed by atoms with Crippen LogP contribution < -0.4 is 5.32 Å². The van der Waals surface area contributed by atoms with E-state index in [1.165, 1.54) is 12.1 Å². The summed E-state index contributed by atoms with van der Waals surface area (Å²) in [6, 6.07) is 10.4. The van der Waals surface area contributed by atoms with Crippen LogP contribution in [-0.2, 0) is 9.59 Å². The maximum atomic E-state index is 13.5. The molecular weight excluding hydrogens is 407 g/mol. The third-order valence-electron chi connectivity index (χ3n) is 6.53. The van der Waals surface area contributed by atoms with Crippen LogP contribution in [0.1, 0.15) is 49.9 Å². The maximum Gasteiger partial charge on any atom is 0.225 e. The highest BCUT2D eigenvalue weighted by Crippen LogP contribution is 2.31. The molecule has 170 valence electrons. The second kappa shape index (κ2) is 9.67. The number of aromatic nitrogens is 1. The van der Waals surface area contributed by atoms with Gasteiger partial charge in [-0.25, -0.2) is 4.39 Å². The number of rotatable bonds is 4. The van der Waals surface area contributed by atoms with Crippen LogP contribution in [0.25, 0.3) is 0 Å². The van der Waals surface area contributed by atoms with Crippen molar-refractivity contribution in [3.63, 3.8) is 0 Å². The number of benzene rings is 1. The Balaban J connectivity index is 1.43. The van der Waals surface area contributed by atoms with Crippen LogP contribution in [0.15, 0.2) is 36.4 Å². The lowest BCUT2D eigenvalue weighted by molar-refractivity contribution is -0.141. The summed E-state index contributed by atoms with van der Waals surface area (Å²) in [4.78, 5) is 33.3. The number of amides is 2. The molecule has 0 saturated carbocycles. The van der Waals surface area contributed by atoms with E-state index in [0.29, 0.717) is 25.3 Å². The molecule has 2 aliphatic rings. The topological polar surface area (TPSA) is 65.5 Å². The Labute approximate surface area is 188 Å². The Morgan fingerprint density at radius 2 is 1.81 bits per heavy atom. The van der Waals surface area contributed by atoms with E-state index in [2.05, 4.69) is 5.32 Å². The largest absolute Gasteiger partial charge is 0.355 e. The average molecular weight is 439 g/mol. The molecular formula is C25H31FN4O2. The number of anilines is 2. The van der Waals surface area contributed by atoms with Gasteiger partial charge in [-0.05, 0) is 62.9 Å². The molecule has 2 fully saturated rings. The third kappa shape index (κ3) is 5.26. The summed E-state index contributed by atoms with van der Waals surface area (Å²) in [5, 5.41) is 3.27. The molecule has 2 saturated heterocycles. The standard InChI is InChI=1S/C25H31FN4O2/c1-17-13-23(28-22-7-3-6-21(26)14-22)15-24(27-17)20-5-4-10-30(16-20)25(32)19-8-11-29(12-9-19)18(2)31/h3,6-7,13-15,19-20H,4-5,8-12,16H2,1-2H3,(H,27,28)/t20-/m0/s1. The zero-order valence-corrected chi connectivity index (χ0v) is 18.8. The van der Waals surface area contributed by atoms with Crippen molar-refractivity contribution in [1.82, 2.24) is 14.8 Å². The molecule has 0 unspecified atom stereocenters. The number of nitrogens with zero attached hydrogens (tertiary/aromatic N) is 3. The van der Waals surface area contributed by atoms with E-state index in [0.717, 1.165) is 49.3 Å². The number of hydrogen-bond acceptors (Lipinski definition) is 4. The van der Waals surface area contributed by atoms with Crippen LogP contribution in [0.3, 0.4) is 0 Å². The number of carbonyl (C=O) groups is 2. The minimum Gasteiger partial charge on any atom is -0.355 e. The second-order valence-corrected chi connectivity index (χ2v) is 8.96. The Kier molecular flexibility index (Phi) is 6.72. The molecule has 1 N–H and O–H groups in total. The van der Waals surface area contributed by atoms with Gasteiger partial charge in [0.05, 0.1) is 0 Å². The number of piperidine rings is 2. The first-order chi connectivity index (χ1) is 15.4. The Morgan fingerprint density at radius 1 is 1.03 bits per heavy atom. The van der Waals surface area contributed by atoms with E-state index < -0.39 is 0 Å². The van der Waals surface area contributed by atoms with E-state index in [-0.39, 0.29) is 29.5 Å². The van der Waals surface area contributed by atoms with Crippen LogP contribution >= 0.6 is 0 Å². The molecule has 4 rings (SSSR count). The molecule has 3 heterocycles. The van der Waals surface area contributed by atoms with E-state index in [4.69, 9.17) is 4.98 Å². The fraction of sp³-hybridized carbons (Fsp3) is 0.480.